The molecule has 2 aromatic carbocycles. The number of benzene rings is 2. The summed E-state index contributed by atoms with van der Waals surface area (Å²) in [7, 11) is 0. The third kappa shape index (κ3) is 5.30. The second-order valence-corrected chi connectivity index (χ2v) is 5.64. The summed E-state index contributed by atoms with van der Waals surface area (Å²) >= 11 is 3.29. The highest BCUT2D eigenvalue weighted by atomic mass is 79.9. The molecule has 0 radical (unpaired) electrons. The van der Waals surface area contributed by atoms with E-state index in [4.69, 9.17) is 0 Å². The third-order valence-corrected chi connectivity index (χ3v) is 3.72. The van der Waals surface area contributed by atoms with Crippen LogP contribution in [0.3, 0.4) is 0 Å². The predicted molar refractivity (Wildman–Crippen MR) is 93.9 cm³/mol. The SMILES string of the molecule is O=C(/C=C/C=C/c1cc(O)c(O)cc1Br)NCc1ccccc1. The van der Waals surface area contributed by atoms with Gasteiger partial charge in [-0.2, -0.15) is 0 Å². The molecule has 3 N–H and O–H groups in total. The maximum absolute atomic E-state index is 11.7. The van der Waals surface area contributed by atoms with E-state index in [0.717, 1.165) is 5.56 Å². The van der Waals surface area contributed by atoms with E-state index >= 15 is 0 Å². The van der Waals surface area contributed by atoms with E-state index in [1.54, 1.807) is 18.2 Å². The van der Waals surface area contributed by atoms with Gasteiger partial charge in [0.25, 0.3) is 0 Å². The highest BCUT2D eigenvalue weighted by molar-refractivity contribution is 9.10. The number of aromatic hydroxyl groups is 2. The molecule has 0 aliphatic rings. The van der Waals surface area contributed by atoms with Crippen LogP contribution in [0.1, 0.15) is 11.1 Å². The molecule has 0 unspecified atom stereocenters. The van der Waals surface area contributed by atoms with Crippen LogP contribution in [-0.4, -0.2) is 16.1 Å². The number of hydrogen-bond donors (Lipinski definition) is 3. The van der Waals surface area contributed by atoms with Crippen LogP contribution in [0, 0.1) is 0 Å². The number of allylic oxidation sites excluding steroid dienone is 2. The standard InChI is InChI=1S/C18H16BrNO3/c19-15-11-17(22)16(21)10-14(15)8-4-5-9-18(23)20-12-13-6-2-1-3-7-13/h1-11,21-22H,12H2,(H,20,23)/b8-4+,9-5+. The molecule has 0 saturated carbocycles. The Morgan fingerprint density at radius 3 is 2.52 bits per heavy atom. The summed E-state index contributed by atoms with van der Waals surface area (Å²) in [6.07, 6.45) is 6.42. The Bertz CT molecular complexity index is 739. The fourth-order valence-electron chi connectivity index (χ4n) is 1.84. The quantitative estimate of drug-likeness (QED) is 0.424. The van der Waals surface area contributed by atoms with Crippen LogP contribution in [0.25, 0.3) is 6.08 Å². The zero-order valence-electron chi connectivity index (χ0n) is 12.2. The second kappa shape index (κ2) is 8.19. The minimum Gasteiger partial charge on any atom is -0.504 e. The third-order valence-electron chi connectivity index (χ3n) is 3.04. The lowest BCUT2D eigenvalue weighted by Gasteiger charge is -2.02. The molecular weight excluding hydrogens is 358 g/mol. The van der Waals surface area contributed by atoms with Crippen molar-refractivity contribution < 1.29 is 15.0 Å². The molecule has 23 heavy (non-hydrogen) atoms. The number of hydrogen-bond acceptors (Lipinski definition) is 3. The molecule has 4 nitrogen and oxygen atoms in total. The molecule has 0 atom stereocenters. The van der Waals surface area contributed by atoms with Gasteiger partial charge in [0, 0.05) is 17.1 Å². The van der Waals surface area contributed by atoms with Gasteiger partial charge >= 0.3 is 0 Å². The predicted octanol–water partition coefficient (Wildman–Crippen LogP) is 3.75. The first-order chi connectivity index (χ1) is 11.1. The maximum atomic E-state index is 11.7. The first kappa shape index (κ1) is 16.8. The van der Waals surface area contributed by atoms with Gasteiger partial charge in [-0.3, -0.25) is 4.79 Å². The Labute approximate surface area is 142 Å². The lowest BCUT2D eigenvalue weighted by molar-refractivity contribution is -0.116. The summed E-state index contributed by atoms with van der Waals surface area (Å²) in [5, 5.41) is 21.6. The van der Waals surface area contributed by atoms with Gasteiger partial charge in [-0.25, -0.2) is 0 Å². The van der Waals surface area contributed by atoms with E-state index in [2.05, 4.69) is 21.2 Å². The monoisotopic (exact) mass is 373 g/mol. The fraction of sp³-hybridized carbons (Fsp3) is 0.0556. The van der Waals surface area contributed by atoms with E-state index in [1.807, 2.05) is 30.3 Å². The highest BCUT2D eigenvalue weighted by Gasteiger charge is 2.03. The van der Waals surface area contributed by atoms with Gasteiger partial charge in [-0.05, 0) is 23.3 Å². The second-order valence-electron chi connectivity index (χ2n) is 4.78. The van der Waals surface area contributed by atoms with Crippen molar-refractivity contribution in [3.63, 3.8) is 0 Å². The molecule has 118 valence electrons. The van der Waals surface area contributed by atoms with Gasteiger partial charge in [-0.1, -0.05) is 64.5 Å². The molecule has 0 aromatic heterocycles. The van der Waals surface area contributed by atoms with Gasteiger partial charge in [0.05, 0.1) is 0 Å². The Morgan fingerprint density at radius 1 is 1.09 bits per heavy atom. The molecule has 0 aliphatic heterocycles. The molecular formula is C18H16BrNO3. The van der Waals surface area contributed by atoms with E-state index in [-0.39, 0.29) is 17.4 Å². The number of phenolic OH excluding ortho intramolecular Hbond substituents is 2. The summed E-state index contributed by atoms with van der Waals surface area (Å²) in [6.45, 7) is 0.477. The molecule has 1 amide bonds. The molecule has 5 heteroatoms. The van der Waals surface area contributed by atoms with Crippen LogP contribution < -0.4 is 5.32 Å². The molecule has 0 spiro atoms. The molecule has 2 aromatic rings. The van der Waals surface area contributed by atoms with E-state index in [9.17, 15) is 15.0 Å². The van der Waals surface area contributed by atoms with Crippen molar-refractivity contribution >= 4 is 27.9 Å². The zero-order valence-corrected chi connectivity index (χ0v) is 13.8. The zero-order chi connectivity index (χ0) is 16.7. The average molecular weight is 374 g/mol. The van der Waals surface area contributed by atoms with Crippen LogP contribution >= 0.6 is 15.9 Å². The number of rotatable bonds is 5. The number of carbonyl (C=O) groups excluding carboxylic acids is 1. The Kier molecular flexibility index (Phi) is 6.00. The lowest BCUT2D eigenvalue weighted by Crippen LogP contribution is -2.20. The van der Waals surface area contributed by atoms with Crippen molar-refractivity contribution in [2.75, 3.05) is 0 Å². The summed E-state index contributed by atoms with van der Waals surface area (Å²) in [4.78, 5) is 11.7. The lowest BCUT2D eigenvalue weighted by atomic mass is 10.2. The van der Waals surface area contributed by atoms with Gasteiger partial charge in [0.2, 0.25) is 5.91 Å². The highest BCUT2D eigenvalue weighted by Crippen LogP contribution is 2.32. The summed E-state index contributed by atoms with van der Waals surface area (Å²) < 4.78 is 0.644. The molecule has 0 saturated heterocycles. The van der Waals surface area contributed by atoms with Gasteiger partial charge < -0.3 is 15.5 Å². The first-order valence-corrected chi connectivity index (χ1v) is 7.73. The molecule has 0 bridgehead atoms. The number of phenols is 2. The Hall–Kier alpha value is -2.53. The first-order valence-electron chi connectivity index (χ1n) is 6.94. The summed E-state index contributed by atoms with van der Waals surface area (Å²) in [5.74, 6) is -0.576. The van der Waals surface area contributed by atoms with Crippen LogP contribution in [0.4, 0.5) is 0 Å². The van der Waals surface area contributed by atoms with Crippen molar-refractivity contribution in [2.45, 2.75) is 6.54 Å². The van der Waals surface area contributed by atoms with Gasteiger partial charge in [0.1, 0.15) is 0 Å². The number of halogens is 1. The molecule has 0 heterocycles. The molecule has 2 rings (SSSR count). The fourth-order valence-corrected chi connectivity index (χ4v) is 2.30. The van der Waals surface area contributed by atoms with Crippen molar-refractivity contribution in [2.24, 2.45) is 0 Å². The minimum absolute atomic E-state index is 0.189. The van der Waals surface area contributed by atoms with Crippen molar-refractivity contribution in [3.8, 4) is 11.5 Å². The molecule has 0 aliphatic carbocycles. The van der Waals surface area contributed by atoms with Crippen molar-refractivity contribution in [3.05, 3.63) is 76.3 Å². The van der Waals surface area contributed by atoms with Crippen LogP contribution in [0.2, 0.25) is 0 Å². The van der Waals surface area contributed by atoms with Gasteiger partial charge in [0.15, 0.2) is 11.5 Å². The normalized spacial score (nSPS) is 11.2. The number of carbonyl (C=O) groups is 1. The largest absolute Gasteiger partial charge is 0.504 e. The summed E-state index contributed by atoms with van der Waals surface area (Å²) in [6, 6.07) is 12.5. The summed E-state index contributed by atoms with van der Waals surface area (Å²) in [5.41, 5.74) is 1.72. The number of amides is 1. The topological polar surface area (TPSA) is 69.6 Å². The van der Waals surface area contributed by atoms with E-state index in [1.165, 1.54) is 18.2 Å². The van der Waals surface area contributed by atoms with E-state index in [0.29, 0.717) is 16.6 Å². The van der Waals surface area contributed by atoms with Crippen LogP contribution in [-0.2, 0) is 11.3 Å². The van der Waals surface area contributed by atoms with Gasteiger partial charge in [-0.15, -0.1) is 0 Å². The van der Waals surface area contributed by atoms with Crippen molar-refractivity contribution in [1.82, 2.24) is 5.32 Å². The van der Waals surface area contributed by atoms with Crippen LogP contribution in [0.5, 0.6) is 11.5 Å². The smallest absolute Gasteiger partial charge is 0.244 e. The molecule has 0 fully saturated rings. The number of nitrogens with one attached hydrogen (secondary N) is 1. The Morgan fingerprint density at radius 2 is 1.78 bits per heavy atom. The van der Waals surface area contributed by atoms with E-state index < -0.39 is 0 Å². The minimum atomic E-state index is -0.197. The Balaban J connectivity index is 1.88. The average Bonchev–Trinajstić information content (AvgIpc) is 2.55. The maximum Gasteiger partial charge on any atom is 0.244 e. The van der Waals surface area contributed by atoms with Crippen LogP contribution in [0.15, 0.2) is 65.2 Å². The van der Waals surface area contributed by atoms with Crippen molar-refractivity contribution in [1.29, 1.82) is 0 Å².